The Balaban J connectivity index is 1.24. The van der Waals surface area contributed by atoms with Gasteiger partial charge in [0, 0.05) is 0 Å². The van der Waals surface area contributed by atoms with Crippen molar-refractivity contribution in [3.8, 4) is 5.75 Å². The Morgan fingerprint density at radius 3 is 2.13 bits per heavy atom. The normalized spacial score (nSPS) is 34.1. The molecule has 0 heterocycles. The zero-order chi connectivity index (χ0) is 21.6. The first-order valence-electron chi connectivity index (χ1n) is 12.8. The number of allylic oxidation sites excluding steroid dienone is 2. The maximum absolute atomic E-state index is 12.4. The van der Waals surface area contributed by atoms with Crippen LogP contribution in [0.3, 0.4) is 0 Å². The molecule has 0 saturated heterocycles. The van der Waals surface area contributed by atoms with Crippen LogP contribution in [0.15, 0.2) is 36.4 Å². The third-order valence-electron chi connectivity index (χ3n) is 8.77. The number of hydrogen-bond acceptors (Lipinski definition) is 1. The maximum Gasteiger partial charge on any atom is 0.387 e. The quantitative estimate of drug-likeness (QED) is 0.393. The van der Waals surface area contributed by atoms with Crippen LogP contribution in [-0.2, 0) is 0 Å². The monoisotopic (exact) mass is 430 g/mol. The van der Waals surface area contributed by atoms with Crippen LogP contribution >= 0.6 is 0 Å². The van der Waals surface area contributed by atoms with Crippen LogP contribution in [0.25, 0.3) is 0 Å². The van der Waals surface area contributed by atoms with Crippen LogP contribution in [-0.4, -0.2) is 6.61 Å². The molecular weight excluding hydrogens is 390 g/mol. The lowest BCUT2D eigenvalue weighted by Gasteiger charge is -2.45. The number of halogens is 2. The second-order valence-electron chi connectivity index (χ2n) is 10.5. The molecule has 0 radical (unpaired) electrons. The Morgan fingerprint density at radius 2 is 1.45 bits per heavy atom. The van der Waals surface area contributed by atoms with Gasteiger partial charge in [-0.2, -0.15) is 8.78 Å². The Hall–Kier alpha value is -1.38. The molecule has 3 saturated carbocycles. The molecule has 4 unspecified atom stereocenters. The molecule has 0 aromatic heterocycles. The molecular formula is C28H40F2O. The fourth-order valence-electron chi connectivity index (χ4n) is 7.02. The SMILES string of the molecule is C/C=C/CCC1CCC(C2CCC3CC(c4ccc(OC(F)F)cc4)CCC3C2)CC1. The van der Waals surface area contributed by atoms with Crippen molar-refractivity contribution >= 4 is 0 Å². The van der Waals surface area contributed by atoms with Crippen molar-refractivity contribution in [2.24, 2.45) is 29.6 Å². The topological polar surface area (TPSA) is 9.23 Å². The second kappa shape index (κ2) is 11.0. The second-order valence-corrected chi connectivity index (χ2v) is 10.5. The van der Waals surface area contributed by atoms with Crippen LogP contribution < -0.4 is 4.74 Å². The molecule has 172 valence electrons. The third kappa shape index (κ3) is 6.11. The highest BCUT2D eigenvalue weighted by Gasteiger charge is 2.39. The van der Waals surface area contributed by atoms with E-state index < -0.39 is 6.61 Å². The highest BCUT2D eigenvalue weighted by atomic mass is 19.3. The van der Waals surface area contributed by atoms with Crippen molar-refractivity contribution in [1.82, 2.24) is 0 Å². The van der Waals surface area contributed by atoms with E-state index in [1.54, 1.807) is 12.1 Å². The molecule has 1 aromatic carbocycles. The summed E-state index contributed by atoms with van der Waals surface area (Å²) in [6.45, 7) is -0.618. The van der Waals surface area contributed by atoms with Crippen molar-refractivity contribution < 1.29 is 13.5 Å². The van der Waals surface area contributed by atoms with Crippen LogP contribution in [0.4, 0.5) is 8.78 Å². The predicted molar refractivity (Wildman–Crippen MR) is 123 cm³/mol. The molecule has 3 fully saturated rings. The Morgan fingerprint density at radius 1 is 0.839 bits per heavy atom. The van der Waals surface area contributed by atoms with Gasteiger partial charge in [0.1, 0.15) is 5.75 Å². The molecule has 0 amide bonds. The van der Waals surface area contributed by atoms with Crippen molar-refractivity contribution in [3.63, 3.8) is 0 Å². The summed E-state index contributed by atoms with van der Waals surface area (Å²) >= 11 is 0. The highest BCUT2D eigenvalue weighted by molar-refractivity contribution is 5.30. The first-order chi connectivity index (χ1) is 15.1. The average molecular weight is 431 g/mol. The van der Waals surface area contributed by atoms with Gasteiger partial charge in [-0.15, -0.1) is 0 Å². The molecule has 3 heteroatoms. The van der Waals surface area contributed by atoms with E-state index in [0.29, 0.717) is 5.92 Å². The standard InChI is InChI=1S/C28H40F2O/c1-2-3-4-5-20-6-8-21(9-7-20)23-10-12-26-19-24(11-13-25(26)18-23)22-14-16-27(17-15-22)31-28(29)30/h2-3,14-17,20-21,23-26,28H,4-13,18-19H2,1H3/b3-2+. The van der Waals surface area contributed by atoms with Gasteiger partial charge in [-0.05, 0) is 124 Å². The number of ether oxygens (including phenoxy) is 1. The van der Waals surface area contributed by atoms with E-state index >= 15 is 0 Å². The van der Waals surface area contributed by atoms with E-state index in [1.165, 1.54) is 82.6 Å². The van der Waals surface area contributed by atoms with Gasteiger partial charge < -0.3 is 4.74 Å². The first-order valence-corrected chi connectivity index (χ1v) is 12.8. The van der Waals surface area contributed by atoms with Gasteiger partial charge in [-0.25, -0.2) is 0 Å². The van der Waals surface area contributed by atoms with E-state index in [1.807, 2.05) is 12.1 Å². The summed E-state index contributed by atoms with van der Waals surface area (Å²) in [5.74, 6) is 5.57. The lowest BCUT2D eigenvalue weighted by molar-refractivity contribution is -0.0498. The number of hydrogen-bond donors (Lipinski definition) is 0. The Bertz CT molecular complexity index is 689. The van der Waals surface area contributed by atoms with Gasteiger partial charge in [0.15, 0.2) is 0 Å². The number of fused-ring (bicyclic) bond motifs is 1. The zero-order valence-electron chi connectivity index (χ0n) is 19.2. The summed E-state index contributed by atoms with van der Waals surface area (Å²) in [5, 5.41) is 0. The van der Waals surface area contributed by atoms with Gasteiger partial charge in [-0.3, -0.25) is 0 Å². The minimum absolute atomic E-state index is 0.268. The molecule has 1 aromatic rings. The molecule has 1 nitrogen and oxygen atoms in total. The smallest absolute Gasteiger partial charge is 0.387 e. The summed E-state index contributed by atoms with van der Waals surface area (Å²) in [6, 6.07) is 7.42. The summed E-state index contributed by atoms with van der Waals surface area (Å²) in [6.07, 6.45) is 21.2. The minimum atomic E-state index is -2.75. The number of rotatable bonds is 7. The molecule has 0 N–H and O–H groups in total. The van der Waals surface area contributed by atoms with Gasteiger partial charge in [0.2, 0.25) is 0 Å². The van der Waals surface area contributed by atoms with Gasteiger partial charge >= 0.3 is 6.61 Å². The van der Waals surface area contributed by atoms with E-state index in [0.717, 1.165) is 29.6 Å². The molecule has 3 aliphatic rings. The van der Waals surface area contributed by atoms with Crippen LogP contribution in [0.2, 0.25) is 0 Å². The third-order valence-corrected chi connectivity index (χ3v) is 8.77. The minimum Gasteiger partial charge on any atom is -0.435 e. The molecule has 3 aliphatic carbocycles. The van der Waals surface area contributed by atoms with E-state index in [9.17, 15) is 8.78 Å². The largest absolute Gasteiger partial charge is 0.435 e. The van der Waals surface area contributed by atoms with Crippen molar-refractivity contribution in [2.45, 2.75) is 96.5 Å². The lowest BCUT2D eigenvalue weighted by Crippen LogP contribution is -2.34. The Kier molecular flexibility index (Phi) is 8.07. The number of alkyl halides is 2. The van der Waals surface area contributed by atoms with E-state index in [2.05, 4.69) is 23.8 Å². The average Bonchev–Trinajstić information content (AvgIpc) is 2.79. The summed E-state index contributed by atoms with van der Waals surface area (Å²) in [4.78, 5) is 0. The van der Waals surface area contributed by atoms with Crippen molar-refractivity contribution in [2.75, 3.05) is 0 Å². The van der Waals surface area contributed by atoms with Gasteiger partial charge in [0.05, 0.1) is 0 Å². The summed E-state index contributed by atoms with van der Waals surface area (Å²) < 4.78 is 29.3. The molecule has 0 bridgehead atoms. The summed E-state index contributed by atoms with van der Waals surface area (Å²) in [7, 11) is 0. The Labute approximate surface area is 187 Å². The fourth-order valence-corrected chi connectivity index (χ4v) is 7.02. The number of benzene rings is 1. The van der Waals surface area contributed by atoms with Gasteiger partial charge in [-0.1, -0.05) is 37.1 Å². The molecule has 0 aliphatic heterocycles. The van der Waals surface area contributed by atoms with Crippen molar-refractivity contribution in [1.29, 1.82) is 0 Å². The molecule has 31 heavy (non-hydrogen) atoms. The van der Waals surface area contributed by atoms with E-state index in [4.69, 9.17) is 0 Å². The first kappa shape index (κ1) is 22.8. The molecule has 4 rings (SSSR count). The summed E-state index contributed by atoms with van der Waals surface area (Å²) in [5.41, 5.74) is 1.30. The van der Waals surface area contributed by atoms with Crippen molar-refractivity contribution in [3.05, 3.63) is 42.0 Å². The molecule has 4 atom stereocenters. The predicted octanol–water partition coefficient (Wildman–Crippen LogP) is 8.75. The van der Waals surface area contributed by atoms with Crippen LogP contribution in [0, 0.1) is 29.6 Å². The zero-order valence-corrected chi connectivity index (χ0v) is 19.2. The fraction of sp³-hybridized carbons (Fsp3) is 0.714. The van der Waals surface area contributed by atoms with Crippen LogP contribution in [0.5, 0.6) is 5.75 Å². The van der Waals surface area contributed by atoms with Gasteiger partial charge in [0.25, 0.3) is 0 Å². The lowest BCUT2D eigenvalue weighted by atomic mass is 9.60. The molecule has 0 spiro atoms. The maximum atomic E-state index is 12.4. The highest BCUT2D eigenvalue weighted by Crippen LogP contribution is 2.51. The van der Waals surface area contributed by atoms with E-state index in [-0.39, 0.29) is 5.75 Å². The van der Waals surface area contributed by atoms with Crippen LogP contribution in [0.1, 0.15) is 95.5 Å².